The van der Waals surface area contributed by atoms with E-state index in [1.165, 1.54) is 6.26 Å². The number of ketones is 1. The Balaban J connectivity index is 2.21. The maximum absolute atomic E-state index is 12.1. The quantitative estimate of drug-likeness (QED) is 0.796. The van der Waals surface area contributed by atoms with Crippen molar-refractivity contribution < 1.29 is 9.21 Å². The fourth-order valence-electron chi connectivity index (χ4n) is 1.86. The molecular weight excluding hydrogens is 296 g/mol. The summed E-state index contributed by atoms with van der Waals surface area (Å²) in [6.07, 6.45) is 2.73. The summed E-state index contributed by atoms with van der Waals surface area (Å²) >= 11 is 3.22. The normalized spacial score (nSPS) is 10.8. The van der Waals surface area contributed by atoms with Crippen LogP contribution in [0.2, 0.25) is 0 Å². The number of rotatable bonds is 5. The molecule has 0 atom stereocenters. The molecule has 2 heterocycles. The summed E-state index contributed by atoms with van der Waals surface area (Å²) in [5.74, 6) is 0.0351. The molecule has 4 nitrogen and oxygen atoms in total. The zero-order valence-electron chi connectivity index (χ0n) is 10.4. The van der Waals surface area contributed by atoms with Crippen molar-refractivity contribution in [1.29, 1.82) is 0 Å². The molecule has 0 radical (unpaired) electrons. The second-order valence-corrected chi connectivity index (χ2v) is 4.72. The third-order valence-corrected chi connectivity index (χ3v) is 3.45. The fourth-order valence-corrected chi connectivity index (χ4v) is 2.32. The maximum atomic E-state index is 12.1. The molecule has 2 aromatic rings. The van der Waals surface area contributed by atoms with Gasteiger partial charge in [0.25, 0.3) is 0 Å². The first-order valence-corrected chi connectivity index (χ1v) is 6.76. The molecule has 2 aromatic heterocycles. The molecular formula is C13H15BrN2O2. The van der Waals surface area contributed by atoms with Gasteiger partial charge in [0.2, 0.25) is 0 Å². The van der Waals surface area contributed by atoms with Crippen molar-refractivity contribution in [1.82, 2.24) is 9.78 Å². The molecule has 0 spiro atoms. The molecule has 0 N–H and O–H groups in total. The molecule has 5 heteroatoms. The van der Waals surface area contributed by atoms with Crippen LogP contribution in [0.3, 0.4) is 0 Å². The predicted molar refractivity (Wildman–Crippen MR) is 71.7 cm³/mol. The molecule has 0 saturated carbocycles. The van der Waals surface area contributed by atoms with Gasteiger partial charge >= 0.3 is 0 Å². The summed E-state index contributed by atoms with van der Waals surface area (Å²) in [6, 6.07) is 3.68. The lowest BCUT2D eigenvalue weighted by molar-refractivity contribution is 0.0989. The van der Waals surface area contributed by atoms with Crippen molar-refractivity contribution in [2.75, 3.05) is 0 Å². The van der Waals surface area contributed by atoms with Gasteiger partial charge in [-0.25, -0.2) is 0 Å². The molecule has 0 amide bonds. The first-order valence-electron chi connectivity index (χ1n) is 5.97. The van der Waals surface area contributed by atoms with Gasteiger partial charge in [-0.1, -0.05) is 6.92 Å². The number of hydrogen-bond donors (Lipinski definition) is 0. The highest BCUT2D eigenvalue weighted by Crippen LogP contribution is 2.20. The van der Waals surface area contributed by atoms with E-state index in [9.17, 15) is 4.79 Å². The first-order chi connectivity index (χ1) is 8.65. The van der Waals surface area contributed by atoms with Gasteiger partial charge in [0.15, 0.2) is 10.5 Å². The smallest absolute Gasteiger partial charge is 0.179 e. The molecule has 0 aliphatic rings. The van der Waals surface area contributed by atoms with Gasteiger partial charge < -0.3 is 4.42 Å². The number of Topliss-reactive ketones (excluding diaryl/α,β-unsaturated/α-hetero) is 1. The van der Waals surface area contributed by atoms with Crippen LogP contribution < -0.4 is 0 Å². The SMILES string of the molecule is CCc1cc(CC(=O)c2ccoc2Br)n(CC)n1. The molecule has 0 unspecified atom stereocenters. The van der Waals surface area contributed by atoms with Gasteiger partial charge in [0.05, 0.1) is 23.9 Å². The monoisotopic (exact) mass is 310 g/mol. The molecule has 2 rings (SSSR count). The third-order valence-electron chi connectivity index (χ3n) is 2.84. The Morgan fingerprint density at radius 2 is 2.28 bits per heavy atom. The van der Waals surface area contributed by atoms with Crippen LogP contribution in [0.1, 0.15) is 35.6 Å². The van der Waals surface area contributed by atoms with Crippen LogP contribution in [-0.4, -0.2) is 15.6 Å². The molecule has 18 heavy (non-hydrogen) atoms. The minimum atomic E-state index is 0.0351. The van der Waals surface area contributed by atoms with Crippen molar-refractivity contribution in [3.05, 3.63) is 40.0 Å². The highest BCUT2D eigenvalue weighted by molar-refractivity contribution is 9.10. The lowest BCUT2D eigenvalue weighted by atomic mass is 10.1. The summed E-state index contributed by atoms with van der Waals surface area (Å²) in [4.78, 5) is 12.1. The van der Waals surface area contributed by atoms with Gasteiger partial charge in [0.1, 0.15) is 0 Å². The number of halogens is 1. The number of aryl methyl sites for hydroxylation is 2. The molecule has 96 valence electrons. The first kappa shape index (κ1) is 13.1. The number of aromatic nitrogens is 2. The number of nitrogens with zero attached hydrogens (tertiary/aromatic N) is 2. The maximum Gasteiger partial charge on any atom is 0.179 e. The van der Waals surface area contributed by atoms with Gasteiger partial charge in [-0.2, -0.15) is 5.10 Å². The Kier molecular flexibility index (Phi) is 4.01. The van der Waals surface area contributed by atoms with Crippen LogP contribution in [0, 0.1) is 0 Å². The van der Waals surface area contributed by atoms with E-state index in [0.717, 1.165) is 24.4 Å². The van der Waals surface area contributed by atoms with Gasteiger partial charge in [-0.15, -0.1) is 0 Å². The fraction of sp³-hybridized carbons (Fsp3) is 0.385. The van der Waals surface area contributed by atoms with E-state index in [4.69, 9.17) is 4.42 Å². The molecule has 0 aliphatic carbocycles. The van der Waals surface area contributed by atoms with Crippen molar-refractivity contribution in [3.8, 4) is 0 Å². The third kappa shape index (κ3) is 2.56. The Hall–Kier alpha value is -1.36. The number of furan rings is 1. The molecule has 0 bridgehead atoms. The second-order valence-electron chi connectivity index (χ2n) is 4.00. The van der Waals surface area contributed by atoms with Crippen molar-refractivity contribution in [3.63, 3.8) is 0 Å². The number of hydrogen-bond acceptors (Lipinski definition) is 3. The minimum Gasteiger partial charge on any atom is -0.457 e. The van der Waals surface area contributed by atoms with E-state index in [-0.39, 0.29) is 5.78 Å². The summed E-state index contributed by atoms with van der Waals surface area (Å²) < 4.78 is 7.45. The van der Waals surface area contributed by atoms with Crippen LogP contribution in [-0.2, 0) is 19.4 Å². The minimum absolute atomic E-state index is 0.0351. The largest absolute Gasteiger partial charge is 0.457 e. The van der Waals surface area contributed by atoms with Gasteiger partial charge in [-0.3, -0.25) is 9.48 Å². The van der Waals surface area contributed by atoms with Crippen molar-refractivity contribution in [2.24, 2.45) is 0 Å². The van der Waals surface area contributed by atoms with Crippen LogP contribution in [0.25, 0.3) is 0 Å². The number of carbonyl (C=O) groups excluding carboxylic acids is 1. The molecule has 0 aliphatic heterocycles. The summed E-state index contributed by atoms with van der Waals surface area (Å²) in [7, 11) is 0. The predicted octanol–water partition coefficient (Wildman–Crippen LogP) is 3.25. The summed E-state index contributed by atoms with van der Waals surface area (Å²) in [6.45, 7) is 4.85. The van der Waals surface area contributed by atoms with Crippen LogP contribution in [0.15, 0.2) is 27.5 Å². The average Bonchev–Trinajstić information content (AvgIpc) is 2.95. The van der Waals surface area contributed by atoms with E-state index >= 15 is 0 Å². The standard InChI is InChI=1S/C13H15BrN2O2/c1-3-9-7-10(16(4-2)15-9)8-12(17)11-5-6-18-13(11)14/h5-7H,3-4,8H2,1-2H3. The van der Waals surface area contributed by atoms with E-state index in [1.54, 1.807) is 6.07 Å². The highest BCUT2D eigenvalue weighted by atomic mass is 79.9. The van der Waals surface area contributed by atoms with E-state index < -0.39 is 0 Å². The average molecular weight is 311 g/mol. The lowest BCUT2D eigenvalue weighted by Gasteiger charge is -2.02. The summed E-state index contributed by atoms with van der Waals surface area (Å²) in [5.41, 5.74) is 2.55. The summed E-state index contributed by atoms with van der Waals surface area (Å²) in [5, 5.41) is 4.43. The van der Waals surface area contributed by atoms with Crippen molar-refractivity contribution in [2.45, 2.75) is 33.2 Å². The second kappa shape index (κ2) is 5.52. The van der Waals surface area contributed by atoms with Gasteiger partial charge in [-0.05, 0) is 41.4 Å². The van der Waals surface area contributed by atoms with E-state index in [2.05, 4.69) is 28.0 Å². The molecule has 0 aromatic carbocycles. The van der Waals surface area contributed by atoms with Crippen LogP contribution in [0.4, 0.5) is 0 Å². The van der Waals surface area contributed by atoms with Crippen molar-refractivity contribution >= 4 is 21.7 Å². The Labute approximate surface area is 114 Å². The molecule has 0 saturated heterocycles. The Morgan fingerprint density at radius 3 is 2.83 bits per heavy atom. The Bertz CT molecular complexity index is 557. The van der Waals surface area contributed by atoms with E-state index in [1.807, 2.05) is 17.7 Å². The van der Waals surface area contributed by atoms with E-state index in [0.29, 0.717) is 16.7 Å². The zero-order chi connectivity index (χ0) is 13.1. The Morgan fingerprint density at radius 1 is 1.50 bits per heavy atom. The van der Waals surface area contributed by atoms with Gasteiger partial charge in [0, 0.05) is 12.2 Å². The number of carbonyl (C=O) groups is 1. The van der Waals surface area contributed by atoms with Crippen LogP contribution in [0.5, 0.6) is 0 Å². The lowest BCUT2D eigenvalue weighted by Crippen LogP contribution is -2.09. The van der Waals surface area contributed by atoms with Crippen LogP contribution >= 0.6 is 15.9 Å². The molecule has 0 fully saturated rings. The zero-order valence-corrected chi connectivity index (χ0v) is 12.0. The highest BCUT2D eigenvalue weighted by Gasteiger charge is 2.16. The topological polar surface area (TPSA) is 48.0 Å².